The molecule has 0 aromatic carbocycles. The first-order valence-electron chi connectivity index (χ1n) is 3.72. The Morgan fingerprint density at radius 1 is 1.17 bits per heavy atom. The second-order valence-electron chi connectivity index (χ2n) is 2.56. The van der Waals surface area contributed by atoms with E-state index >= 15 is 0 Å². The van der Waals surface area contributed by atoms with Gasteiger partial charge in [0.05, 0.1) is 12.5 Å². The molecule has 1 rings (SSSR count). The lowest BCUT2D eigenvalue weighted by Gasteiger charge is -2.16. The maximum absolute atomic E-state index is 5.02. The second kappa shape index (κ2) is 3.41. The molecule has 0 atom stereocenters. The summed E-state index contributed by atoms with van der Waals surface area (Å²) in [5.74, 6) is 0. The largest absolute Gasteiger partial charge is 0.473 e. The Kier molecular flexibility index (Phi) is 2.50. The molecule has 0 unspecified atom stereocenters. The first kappa shape index (κ1) is 8.81. The normalized spacial score (nSPS) is 10.7. The Bertz CT molecular complexity index is 263. The maximum atomic E-state index is 5.02. The van der Waals surface area contributed by atoms with Gasteiger partial charge in [-0.3, -0.25) is 0 Å². The molecule has 0 saturated carbocycles. The van der Waals surface area contributed by atoms with Crippen molar-refractivity contribution in [2.45, 2.75) is 0 Å². The van der Waals surface area contributed by atoms with Crippen molar-refractivity contribution >= 4 is 13.3 Å². The first-order valence-corrected chi connectivity index (χ1v) is 5.95. The van der Waals surface area contributed by atoms with Gasteiger partial charge in [0.2, 0.25) is 0 Å². The van der Waals surface area contributed by atoms with Gasteiger partial charge in [-0.1, -0.05) is 17.1 Å². The van der Waals surface area contributed by atoms with E-state index in [1.54, 1.807) is 12.5 Å². The van der Waals surface area contributed by atoms with Crippen molar-refractivity contribution in [1.29, 1.82) is 0 Å². The van der Waals surface area contributed by atoms with Gasteiger partial charge >= 0.3 is 0 Å². The molecular weight excluding hydrogens is 164 g/mol. The molecule has 0 spiro atoms. The van der Waals surface area contributed by atoms with Crippen LogP contribution in [-0.4, -0.2) is 8.07 Å². The van der Waals surface area contributed by atoms with E-state index in [-0.39, 0.29) is 0 Å². The molecule has 1 aromatic rings. The molecule has 0 N–H and O–H groups in total. The standard InChI is InChI=1S/C10H12OSi/c1-4-12(5-2,6-3)10-7-8-11-9-10/h4-9H,1-3H2. The zero-order valence-electron chi connectivity index (χ0n) is 6.99. The molecule has 1 heterocycles. The van der Waals surface area contributed by atoms with Crippen LogP contribution in [0.3, 0.4) is 0 Å². The lowest BCUT2D eigenvalue weighted by atomic mass is 10.7. The van der Waals surface area contributed by atoms with Crippen molar-refractivity contribution in [3.05, 3.63) is 55.4 Å². The second-order valence-corrected chi connectivity index (χ2v) is 6.23. The zero-order valence-corrected chi connectivity index (χ0v) is 7.99. The summed E-state index contributed by atoms with van der Waals surface area (Å²) in [4.78, 5) is 0. The van der Waals surface area contributed by atoms with Crippen LogP contribution in [0.15, 0.2) is 59.8 Å². The third-order valence-corrected chi connectivity index (χ3v) is 5.35. The smallest absolute Gasteiger partial charge is 0.160 e. The van der Waals surface area contributed by atoms with E-state index in [9.17, 15) is 0 Å². The van der Waals surface area contributed by atoms with Crippen LogP contribution in [0.4, 0.5) is 0 Å². The minimum absolute atomic E-state index is 1.14. The molecule has 2 heteroatoms. The third kappa shape index (κ3) is 1.21. The quantitative estimate of drug-likeness (QED) is 0.640. The molecule has 0 amide bonds. The summed E-state index contributed by atoms with van der Waals surface area (Å²) in [6.45, 7) is 11.4. The van der Waals surface area contributed by atoms with Crippen molar-refractivity contribution in [3.63, 3.8) is 0 Å². The van der Waals surface area contributed by atoms with Gasteiger partial charge in [-0.05, 0) is 11.3 Å². The van der Waals surface area contributed by atoms with E-state index in [0.29, 0.717) is 0 Å². The Morgan fingerprint density at radius 3 is 2.08 bits per heavy atom. The van der Waals surface area contributed by atoms with Crippen LogP contribution in [0.1, 0.15) is 0 Å². The number of hydrogen-bond acceptors (Lipinski definition) is 1. The van der Waals surface area contributed by atoms with Crippen LogP contribution in [0.2, 0.25) is 0 Å². The molecule has 0 aliphatic heterocycles. The minimum atomic E-state index is -1.84. The summed E-state index contributed by atoms with van der Waals surface area (Å²) in [6.07, 6.45) is 3.39. The summed E-state index contributed by atoms with van der Waals surface area (Å²) in [6, 6.07) is 1.94. The Balaban J connectivity index is 3.18. The van der Waals surface area contributed by atoms with Crippen LogP contribution in [0.5, 0.6) is 0 Å². The number of rotatable bonds is 4. The van der Waals surface area contributed by atoms with E-state index in [1.165, 1.54) is 0 Å². The van der Waals surface area contributed by atoms with Gasteiger partial charge in [-0.2, -0.15) is 0 Å². The fraction of sp³-hybridized carbons (Fsp3) is 0. The zero-order chi connectivity index (χ0) is 9.03. The topological polar surface area (TPSA) is 13.1 Å². The lowest BCUT2D eigenvalue weighted by molar-refractivity contribution is 0.569. The van der Waals surface area contributed by atoms with Gasteiger partial charge in [-0.25, -0.2) is 0 Å². The van der Waals surface area contributed by atoms with Crippen LogP contribution < -0.4 is 5.19 Å². The van der Waals surface area contributed by atoms with E-state index in [1.807, 2.05) is 23.2 Å². The molecule has 0 fully saturated rings. The molecule has 1 nitrogen and oxygen atoms in total. The number of hydrogen-bond donors (Lipinski definition) is 0. The van der Waals surface area contributed by atoms with E-state index < -0.39 is 8.07 Å². The highest BCUT2D eigenvalue weighted by Gasteiger charge is 2.25. The highest BCUT2D eigenvalue weighted by Crippen LogP contribution is 2.07. The summed E-state index contributed by atoms with van der Waals surface area (Å²) in [7, 11) is -1.84. The van der Waals surface area contributed by atoms with Gasteiger partial charge in [-0.15, -0.1) is 19.7 Å². The van der Waals surface area contributed by atoms with Crippen molar-refractivity contribution < 1.29 is 4.42 Å². The lowest BCUT2D eigenvalue weighted by Crippen LogP contribution is -2.41. The molecule has 12 heavy (non-hydrogen) atoms. The van der Waals surface area contributed by atoms with Gasteiger partial charge in [0, 0.05) is 0 Å². The fourth-order valence-corrected chi connectivity index (χ4v) is 2.95. The Morgan fingerprint density at radius 2 is 1.75 bits per heavy atom. The van der Waals surface area contributed by atoms with Gasteiger partial charge < -0.3 is 4.42 Å². The maximum Gasteiger partial charge on any atom is 0.160 e. The predicted octanol–water partition coefficient (Wildman–Crippen LogP) is 2.11. The van der Waals surface area contributed by atoms with Crippen LogP contribution in [0, 0.1) is 0 Å². The number of furan rings is 1. The Hall–Kier alpha value is -1.28. The SMILES string of the molecule is C=C[Si](C=C)(C=C)c1ccoc1. The summed E-state index contributed by atoms with van der Waals surface area (Å²) in [5, 5.41) is 1.14. The molecule has 1 aromatic heterocycles. The molecular formula is C10H12OSi. The van der Waals surface area contributed by atoms with Gasteiger partial charge in [0.25, 0.3) is 0 Å². The van der Waals surface area contributed by atoms with Crippen molar-refractivity contribution in [3.8, 4) is 0 Å². The third-order valence-electron chi connectivity index (χ3n) is 2.03. The molecule has 0 aliphatic rings. The van der Waals surface area contributed by atoms with Crippen molar-refractivity contribution in [2.75, 3.05) is 0 Å². The first-order chi connectivity index (χ1) is 5.79. The monoisotopic (exact) mass is 176 g/mol. The molecule has 62 valence electrons. The summed E-state index contributed by atoms with van der Waals surface area (Å²) in [5.41, 5.74) is 5.79. The van der Waals surface area contributed by atoms with Crippen molar-refractivity contribution in [1.82, 2.24) is 0 Å². The molecule has 0 bridgehead atoms. The van der Waals surface area contributed by atoms with Crippen LogP contribution in [0.25, 0.3) is 0 Å². The summed E-state index contributed by atoms with van der Waals surface area (Å²) < 4.78 is 5.02. The minimum Gasteiger partial charge on any atom is -0.473 e. The van der Waals surface area contributed by atoms with Crippen LogP contribution in [-0.2, 0) is 0 Å². The average molecular weight is 176 g/mol. The predicted molar refractivity (Wildman–Crippen MR) is 54.7 cm³/mol. The van der Waals surface area contributed by atoms with Crippen molar-refractivity contribution in [2.24, 2.45) is 0 Å². The highest BCUT2D eigenvalue weighted by atomic mass is 28.3. The summed E-state index contributed by atoms with van der Waals surface area (Å²) >= 11 is 0. The van der Waals surface area contributed by atoms with Gasteiger partial charge in [0.1, 0.15) is 0 Å². The van der Waals surface area contributed by atoms with Gasteiger partial charge in [0.15, 0.2) is 8.07 Å². The molecule has 0 saturated heterocycles. The van der Waals surface area contributed by atoms with Crippen LogP contribution >= 0.6 is 0 Å². The Labute approximate surface area is 73.7 Å². The molecule has 0 radical (unpaired) electrons. The van der Waals surface area contributed by atoms with E-state index in [2.05, 4.69) is 19.7 Å². The van der Waals surface area contributed by atoms with E-state index in [0.717, 1.165) is 5.19 Å². The molecule has 0 aliphatic carbocycles. The van der Waals surface area contributed by atoms with E-state index in [4.69, 9.17) is 4.42 Å². The fourth-order valence-electron chi connectivity index (χ4n) is 1.11. The average Bonchev–Trinajstić information content (AvgIpc) is 2.62. The highest BCUT2D eigenvalue weighted by molar-refractivity contribution is 7.03.